The first kappa shape index (κ1) is 16.9. The topological polar surface area (TPSA) is 102 Å². The number of nitrogens with one attached hydrogen (secondary N) is 1. The number of carboxylic acids is 1. The zero-order chi connectivity index (χ0) is 16.8. The smallest absolute Gasteiger partial charge is 0.335 e. The van der Waals surface area contributed by atoms with Crippen molar-refractivity contribution < 1.29 is 19.4 Å². The van der Waals surface area contributed by atoms with Crippen molar-refractivity contribution in [2.45, 2.75) is 6.04 Å². The molecule has 120 valence electrons. The molecule has 0 unspecified atom stereocenters. The third-order valence-corrected chi connectivity index (χ3v) is 3.37. The molecule has 0 radical (unpaired) electrons. The number of amides is 1. The molecule has 0 bridgehead atoms. The zero-order valence-corrected chi connectivity index (χ0v) is 13.0. The maximum Gasteiger partial charge on any atom is 0.335 e. The first-order valence-electron chi connectivity index (χ1n) is 6.78. The summed E-state index contributed by atoms with van der Waals surface area (Å²) in [5, 5.41) is 11.6. The molecule has 7 heteroatoms. The third kappa shape index (κ3) is 4.73. The molecular weight excluding hydrogens is 316 g/mol. The van der Waals surface area contributed by atoms with E-state index in [1.807, 2.05) is 0 Å². The van der Waals surface area contributed by atoms with Gasteiger partial charge in [0.1, 0.15) is 11.5 Å². The Balaban J connectivity index is 2.04. The predicted molar refractivity (Wildman–Crippen MR) is 90.4 cm³/mol. The number of thiol groups is 1. The van der Waals surface area contributed by atoms with Gasteiger partial charge >= 0.3 is 5.97 Å². The van der Waals surface area contributed by atoms with Crippen molar-refractivity contribution in [3.05, 3.63) is 54.1 Å². The fourth-order valence-corrected chi connectivity index (χ4v) is 1.92. The number of aromatic carboxylic acids is 1. The van der Waals surface area contributed by atoms with E-state index in [4.69, 9.17) is 15.6 Å². The Hall–Kier alpha value is -2.51. The highest BCUT2D eigenvalue weighted by Gasteiger charge is 2.11. The third-order valence-electron chi connectivity index (χ3n) is 2.97. The van der Waals surface area contributed by atoms with E-state index in [2.05, 4.69) is 17.9 Å². The number of hydrogen-bond acceptors (Lipinski definition) is 5. The van der Waals surface area contributed by atoms with Gasteiger partial charge in [-0.05, 0) is 42.5 Å². The lowest BCUT2D eigenvalue weighted by Gasteiger charge is -2.11. The summed E-state index contributed by atoms with van der Waals surface area (Å²) < 4.78 is 5.58. The molecule has 0 spiro atoms. The van der Waals surface area contributed by atoms with Gasteiger partial charge < -0.3 is 20.9 Å². The Kier molecular flexibility index (Phi) is 5.61. The number of nitrogens with two attached hydrogens (primary N) is 1. The summed E-state index contributed by atoms with van der Waals surface area (Å²) in [5.74, 6) is -0.146. The zero-order valence-electron chi connectivity index (χ0n) is 12.1. The van der Waals surface area contributed by atoms with Crippen LogP contribution in [0.3, 0.4) is 0 Å². The number of hydrogen-bond donors (Lipinski definition) is 4. The van der Waals surface area contributed by atoms with E-state index in [1.54, 1.807) is 36.4 Å². The molecule has 0 saturated carbocycles. The molecule has 0 aromatic heterocycles. The minimum atomic E-state index is -1.02. The fourth-order valence-electron chi connectivity index (χ4n) is 1.75. The molecule has 0 saturated heterocycles. The van der Waals surface area contributed by atoms with E-state index in [0.29, 0.717) is 17.2 Å². The molecule has 0 aliphatic carbocycles. The summed E-state index contributed by atoms with van der Waals surface area (Å²) in [5.41, 5.74) is 6.30. The number of ether oxygens (including phenoxy) is 1. The van der Waals surface area contributed by atoms with E-state index in [-0.39, 0.29) is 17.2 Å². The van der Waals surface area contributed by atoms with Crippen LogP contribution in [-0.2, 0) is 4.79 Å². The number of rotatable bonds is 6. The van der Waals surface area contributed by atoms with Crippen LogP contribution in [0.2, 0.25) is 0 Å². The maximum atomic E-state index is 11.6. The summed E-state index contributed by atoms with van der Waals surface area (Å²) in [7, 11) is 0. The Labute approximate surface area is 138 Å². The average Bonchev–Trinajstić information content (AvgIpc) is 2.56. The molecule has 6 nitrogen and oxygen atoms in total. The highest BCUT2D eigenvalue weighted by Crippen LogP contribution is 2.24. The van der Waals surface area contributed by atoms with Gasteiger partial charge in [-0.3, -0.25) is 4.79 Å². The van der Waals surface area contributed by atoms with Crippen LogP contribution in [0.1, 0.15) is 10.4 Å². The normalized spacial score (nSPS) is 11.6. The van der Waals surface area contributed by atoms with Gasteiger partial charge in [0.2, 0.25) is 5.91 Å². The second-order valence-electron chi connectivity index (χ2n) is 4.74. The number of carbonyl (C=O) groups is 2. The lowest BCUT2D eigenvalue weighted by atomic mass is 10.2. The molecule has 2 rings (SSSR count). The second-order valence-corrected chi connectivity index (χ2v) is 5.10. The highest BCUT2D eigenvalue weighted by molar-refractivity contribution is 7.80. The van der Waals surface area contributed by atoms with E-state index in [0.717, 1.165) is 0 Å². The monoisotopic (exact) mass is 332 g/mol. The van der Waals surface area contributed by atoms with Gasteiger partial charge in [0.05, 0.1) is 11.6 Å². The van der Waals surface area contributed by atoms with Crippen LogP contribution in [0.4, 0.5) is 5.69 Å². The summed E-state index contributed by atoms with van der Waals surface area (Å²) in [6, 6.07) is 12.2. The molecule has 2 aromatic rings. The minimum absolute atomic E-state index is 0.145. The van der Waals surface area contributed by atoms with E-state index in [1.165, 1.54) is 12.1 Å². The molecule has 1 amide bonds. The average molecular weight is 332 g/mol. The first-order valence-corrected chi connectivity index (χ1v) is 7.41. The van der Waals surface area contributed by atoms with E-state index in [9.17, 15) is 9.59 Å². The van der Waals surface area contributed by atoms with Crippen LogP contribution in [0, 0.1) is 0 Å². The van der Waals surface area contributed by atoms with Gasteiger partial charge in [0.25, 0.3) is 0 Å². The SMILES string of the molecule is N[C@@H](CS)C(=O)Nc1ccc(Oc2cccc(C(=O)O)c2)cc1. The van der Waals surface area contributed by atoms with Crippen LogP contribution in [-0.4, -0.2) is 28.8 Å². The highest BCUT2D eigenvalue weighted by atomic mass is 32.1. The van der Waals surface area contributed by atoms with Crippen molar-refractivity contribution in [3.63, 3.8) is 0 Å². The van der Waals surface area contributed by atoms with Crippen LogP contribution in [0.15, 0.2) is 48.5 Å². The summed E-state index contributed by atoms with van der Waals surface area (Å²) >= 11 is 3.97. The minimum Gasteiger partial charge on any atom is -0.478 e. The quantitative estimate of drug-likeness (QED) is 0.608. The lowest BCUT2D eigenvalue weighted by Crippen LogP contribution is -2.37. The maximum absolute atomic E-state index is 11.6. The molecule has 0 aliphatic heterocycles. The molecule has 0 fully saturated rings. The van der Waals surface area contributed by atoms with Crippen molar-refractivity contribution in [3.8, 4) is 11.5 Å². The molecule has 0 aliphatic rings. The van der Waals surface area contributed by atoms with Crippen molar-refractivity contribution >= 4 is 30.2 Å². The number of carbonyl (C=O) groups excluding carboxylic acids is 1. The van der Waals surface area contributed by atoms with Crippen molar-refractivity contribution in [2.75, 3.05) is 11.1 Å². The van der Waals surface area contributed by atoms with Gasteiger partial charge in [-0.25, -0.2) is 4.79 Å². The van der Waals surface area contributed by atoms with Gasteiger partial charge in [-0.1, -0.05) is 6.07 Å². The molecule has 23 heavy (non-hydrogen) atoms. The Morgan fingerprint density at radius 3 is 2.48 bits per heavy atom. The fraction of sp³-hybridized carbons (Fsp3) is 0.125. The molecule has 1 atom stereocenters. The number of benzene rings is 2. The Morgan fingerprint density at radius 1 is 1.17 bits per heavy atom. The van der Waals surface area contributed by atoms with Crippen molar-refractivity contribution in [1.82, 2.24) is 0 Å². The number of anilines is 1. The lowest BCUT2D eigenvalue weighted by molar-refractivity contribution is -0.116. The Morgan fingerprint density at radius 2 is 1.87 bits per heavy atom. The molecule has 0 heterocycles. The van der Waals surface area contributed by atoms with Crippen LogP contribution in [0.5, 0.6) is 11.5 Å². The first-order chi connectivity index (χ1) is 11.0. The standard InChI is InChI=1S/C16H16N2O4S/c17-14(9-23)15(19)18-11-4-6-12(7-5-11)22-13-3-1-2-10(8-13)16(20)21/h1-8,14,23H,9,17H2,(H,18,19)(H,20,21)/t14-/m0/s1. The van der Waals surface area contributed by atoms with Gasteiger partial charge in [0.15, 0.2) is 0 Å². The van der Waals surface area contributed by atoms with E-state index >= 15 is 0 Å². The summed E-state index contributed by atoms with van der Waals surface area (Å²) in [6.07, 6.45) is 0. The van der Waals surface area contributed by atoms with E-state index < -0.39 is 12.0 Å². The van der Waals surface area contributed by atoms with Crippen LogP contribution in [0.25, 0.3) is 0 Å². The largest absolute Gasteiger partial charge is 0.478 e. The van der Waals surface area contributed by atoms with Crippen LogP contribution < -0.4 is 15.8 Å². The second kappa shape index (κ2) is 7.66. The summed E-state index contributed by atoms with van der Waals surface area (Å²) in [6.45, 7) is 0. The molecule has 4 N–H and O–H groups in total. The number of carboxylic acid groups (broad SMARTS) is 1. The van der Waals surface area contributed by atoms with Gasteiger partial charge in [-0.15, -0.1) is 0 Å². The van der Waals surface area contributed by atoms with Gasteiger partial charge in [0, 0.05) is 11.4 Å². The van der Waals surface area contributed by atoms with Crippen LogP contribution >= 0.6 is 12.6 Å². The molecule has 2 aromatic carbocycles. The predicted octanol–water partition coefficient (Wildman–Crippen LogP) is 2.37. The van der Waals surface area contributed by atoms with Crippen molar-refractivity contribution in [2.24, 2.45) is 5.73 Å². The molecular formula is C16H16N2O4S. The Bertz CT molecular complexity index is 703. The summed E-state index contributed by atoms with van der Waals surface area (Å²) in [4.78, 5) is 22.6. The van der Waals surface area contributed by atoms with Gasteiger partial charge in [-0.2, -0.15) is 12.6 Å². The van der Waals surface area contributed by atoms with Crippen molar-refractivity contribution in [1.29, 1.82) is 0 Å².